The summed E-state index contributed by atoms with van der Waals surface area (Å²) in [5.41, 5.74) is 1.93. The summed E-state index contributed by atoms with van der Waals surface area (Å²) >= 11 is 0. The van der Waals surface area contributed by atoms with Crippen molar-refractivity contribution in [2.24, 2.45) is 0 Å². The smallest absolute Gasteiger partial charge is 0.354 e. The van der Waals surface area contributed by atoms with Gasteiger partial charge in [0, 0.05) is 18.5 Å². The normalized spacial score (nSPS) is 24.2. The van der Waals surface area contributed by atoms with E-state index >= 15 is 0 Å². The first-order chi connectivity index (χ1) is 7.54. The molecule has 0 amide bonds. The quantitative estimate of drug-likeness (QED) is 0.829. The Kier molecular flexibility index (Phi) is 2.71. The Morgan fingerprint density at radius 3 is 2.88 bits per heavy atom. The van der Waals surface area contributed by atoms with E-state index in [0.717, 1.165) is 11.3 Å². The van der Waals surface area contributed by atoms with E-state index in [1.807, 2.05) is 20.8 Å². The number of rotatable bonds is 2. The highest BCUT2D eigenvalue weighted by molar-refractivity contribution is 5.88. The van der Waals surface area contributed by atoms with Gasteiger partial charge in [-0.2, -0.15) is 5.10 Å². The molecule has 1 N–H and O–H groups in total. The summed E-state index contributed by atoms with van der Waals surface area (Å²) in [4.78, 5) is 11.2. The number of hydrogen-bond acceptors (Lipinski definition) is 3. The molecule has 1 aliphatic heterocycles. The summed E-state index contributed by atoms with van der Waals surface area (Å²) < 4.78 is 7.18. The van der Waals surface area contributed by atoms with Crippen LogP contribution in [-0.2, 0) is 17.7 Å². The fourth-order valence-corrected chi connectivity index (χ4v) is 2.26. The molecule has 0 unspecified atom stereocenters. The van der Waals surface area contributed by atoms with Crippen LogP contribution in [0.15, 0.2) is 0 Å². The molecule has 0 aliphatic carbocycles. The van der Waals surface area contributed by atoms with Crippen LogP contribution in [0.5, 0.6) is 0 Å². The van der Waals surface area contributed by atoms with Crippen molar-refractivity contribution in [3.63, 3.8) is 0 Å². The van der Waals surface area contributed by atoms with E-state index in [0.29, 0.717) is 18.7 Å². The van der Waals surface area contributed by atoms with Gasteiger partial charge in [-0.15, -0.1) is 0 Å². The highest BCUT2D eigenvalue weighted by Crippen LogP contribution is 2.31. The summed E-state index contributed by atoms with van der Waals surface area (Å²) in [6, 6.07) is 0. The minimum Gasteiger partial charge on any atom is -0.477 e. The Balaban J connectivity index is 2.56. The molecule has 5 heteroatoms. The lowest BCUT2D eigenvalue weighted by Gasteiger charge is -2.24. The maximum absolute atomic E-state index is 11.2. The summed E-state index contributed by atoms with van der Waals surface area (Å²) in [5.74, 6) is -0.906. The number of hydrogen-bond donors (Lipinski definition) is 1. The molecule has 1 aliphatic rings. The highest BCUT2D eigenvalue weighted by atomic mass is 16.5. The molecule has 0 radical (unpaired) electrons. The molecule has 2 heterocycles. The first kappa shape index (κ1) is 11.1. The minimum absolute atomic E-state index is 0.0510. The lowest BCUT2D eigenvalue weighted by Crippen LogP contribution is -2.22. The Hall–Kier alpha value is -1.36. The van der Waals surface area contributed by atoms with E-state index in [1.165, 1.54) is 0 Å². The van der Waals surface area contributed by atoms with E-state index in [2.05, 4.69) is 5.10 Å². The third-order valence-electron chi connectivity index (χ3n) is 2.90. The fraction of sp³-hybridized carbons (Fsp3) is 0.636. The topological polar surface area (TPSA) is 64.4 Å². The van der Waals surface area contributed by atoms with Crippen LogP contribution < -0.4 is 0 Å². The van der Waals surface area contributed by atoms with Gasteiger partial charge in [-0.25, -0.2) is 4.79 Å². The lowest BCUT2D eigenvalue weighted by atomic mass is 10.00. The zero-order valence-corrected chi connectivity index (χ0v) is 9.73. The summed E-state index contributed by atoms with van der Waals surface area (Å²) in [7, 11) is 0. The van der Waals surface area contributed by atoms with Crippen LogP contribution in [-0.4, -0.2) is 27.0 Å². The van der Waals surface area contributed by atoms with E-state index < -0.39 is 5.97 Å². The number of fused-ring (bicyclic) bond motifs is 1. The number of carbonyl (C=O) groups is 1. The predicted molar refractivity (Wildman–Crippen MR) is 57.5 cm³/mol. The van der Waals surface area contributed by atoms with Crippen molar-refractivity contribution in [1.82, 2.24) is 9.78 Å². The van der Waals surface area contributed by atoms with E-state index in [4.69, 9.17) is 4.74 Å². The standard InChI is InChI=1S/C11H16N2O3/c1-4-13-10(11(14)15)8-5-6(2)16-7(3)9(8)12-13/h6-7H,4-5H2,1-3H3,(H,14,15)/t6-,7+/m0/s1. The molecule has 2 rings (SSSR count). The maximum Gasteiger partial charge on any atom is 0.354 e. The van der Waals surface area contributed by atoms with E-state index in [-0.39, 0.29) is 12.2 Å². The van der Waals surface area contributed by atoms with Gasteiger partial charge in [0.1, 0.15) is 5.69 Å². The maximum atomic E-state index is 11.2. The molecule has 2 atom stereocenters. The van der Waals surface area contributed by atoms with Crippen molar-refractivity contribution < 1.29 is 14.6 Å². The summed E-state index contributed by atoms with van der Waals surface area (Å²) in [6.07, 6.45) is 0.557. The first-order valence-corrected chi connectivity index (χ1v) is 5.52. The molecule has 0 saturated heterocycles. The Labute approximate surface area is 94.0 Å². The molecule has 0 bridgehead atoms. The van der Waals surface area contributed by atoms with Crippen molar-refractivity contribution in [3.8, 4) is 0 Å². The molecule has 16 heavy (non-hydrogen) atoms. The van der Waals surface area contributed by atoms with Crippen molar-refractivity contribution >= 4 is 5.97 Å². The summed E-state index contributed by atoms with van der Waals surface area (Å²) in [6.45, 7) is 6.32. The minimum atomic E-state index is -0.906. The Morgan fingerprint density at radius 1 is 1.62 bits per heavy atom. The number of aryl methyl sites for hydroxylation is 1. The SMILES string of the molecule is CCn1nc2c(c1C(=O)O)C[C@H](C)O[C@@H]2C. The lowest BCUT2D eigenvalue weighted by molar-refractivity contribution is -0.00717. The second-order valence-corrected chi connectivity index (χ2v) is 4.13. The van der Waals surface area contributed by atoms with Gasteiger partial charge in [-0.1, -0.05) is 0 Å². The molecule has 88 valence electrons. The van der Waals surface area contributed by atoms with Gasteiger partial charge in [0.15, 0.2) is 0 Å². The molecular formula is C11H16N2O3. The third kappa shape index (κ3) is 1.61. The molecule has 0 fully saturated rings. The molecule has 1 aromatic rings. The van der Waals surface area contributed by atoms with Crippen LogP contribution in [0, 0.1) is 0 Å². The predicted octanol–water partition coefficient (Wildman–Crippen LogP) is 1.62. The number of nitrogens with zero attached hydrogens (tertiary/aromatic N) is 2. The Bertz CT molecular complexity index is 425. The van der Waals surface area contributed by atoms with Crippen LogP contribution in [0.25, 0.3) is 0 Å². The second kappa shape index (κ2) is 3.90. The number of aromatic carboxylic acids is 1. The third-order valence-corrected chi connectivity index (χ3v) is 2.90. The monoisotopic (exact) mass is 224 g/mol. The second-order valence-electron chi connectivity index (χ2n) is 4.13. The van der Waals surface area contributed by atoms with Gasteiger partial charge in [0.2, 0.25) is 0 Å². The molecule has 1 aromatic heterocycles. The van der Waals surface area contributed by atoms with Crippen molar-refractivity contribution in [2.75, 3.05) is 0 Å². The Morgan fingerprint density at radius 2 is 2.31 bits per heavy atom. The van der Waals surface area contributed by atoms with E-state index in [1.54, 1.807) is 4.68 Å². The molecule has 5 nitrogen and oxygen atoms in total. The number of ether oxygens (including phenoxy) is 1. The van der Waals surface area contributed by atoms with Crippen LogP contribution in [0.2, 0.25) is 0 Å². The number of carboxylic acids is 1. The number of aromatic nitrogens is 2. The van der Waals surface area contributed by atoms with Gasteiger partial charge < -0.3 is 9.84 Å². The van der Waals surface area contributed by atoms with Crippen LogP contribution in [0.4, 0.5) is 0 Å². The van der Waals surface area contributed by atoms with Crippen molar-refractivity contribution in [1.29, 1.82) is 0 Å². The average molecular weight is 224 g/mol. The zero-order valence-electron chi connectivity index (χ0n) is 9.73. The first-order valence-electron chi connectivity index (χ1n) is 5.52. The largest absolute Gasteiger partial charge is 0.477 e. The zero-order chi connectivity index (χ0) is 11.9. The van der Waals surface area contributed by atoms with Gasteiger partial charge in [0.05, 0.1) is 17.9 Å². The van der Waals surface area contributed by atoms with Crippen LogP contribution >= 0.6 is 0 Å². The number of carboxylic acid groups (broad SMARTS) is 1. The molecule has 0 saturated carbocycles. The van der Waals surface area contributed by atoms with Gasteiger partial charge >= 0.3 is 5.97 Å². The highest BCUT2D eigenvalue weighted by Gasteiger charge is 2.31. The summed E-state index contributed by atoms with van der Waals surface area (Å²) in [5, 5.41) is 13.5. The fourth-order valence-electron chi connectivity index (χ4n) is 2.26. The van der Waals surface area contributed by atoms with Gasteiger partial charge in [0.25, 0.3) is 0 Å². The van der Waals surface area contributed by atoms with Crippen molar-refractivity contribution in [3.05, 3.63) is 17.0 Å². The van der Waals surface area contributed by atoms with E-state index in [9.17, 15) is 9.90 Å². The molecular weight excluding hydrogens is 208 g/mol. The molecule has 0 aromatic carbocycles. The van der Waals surface area contributed by atoms with Crippen molar-refractivity contribution in [2.45, 2.75) is 45.9 Å². The molecule has 0 spiro atoms. The van der Waals surface area contributed by atoms with Crippen LogP contribution in [0.1, 0.15) is 48.6 Å². The average Bonchev–Trinajstić information content (AvgIpc) is 2.56. The van der Waals surface area contributed by atoms with Crippen LogP contribution in [0.3, 0.4) is 0 Å². The van der Waals surface area contributed by atoms with Gasteiger partial charge in [-0.05, 0) is 20.8 Å². The van der Waals surface area contributed by atoms with Gasteiger partial charge in [-0.3, -0.25) is 4.68 Å².